The maximum atomic E-state index is 5.76. The van der Waals surface area contributed by atoms with Gasteiger partial charge < -0.3 is 9.47 Å². The van der Waals surface area contributed by atoms with Crippen LogP contribution in [0.2, 0.25) is 0 Å². The van der Waals surface area contributed by atoms with E-state index in [1.165, 1.54) is 0 Å². The Hall–Kier alpha value is -0.920. The van der Waals surface area contributed by atoms with Gasteiger partial charge >= 0.3 is 0 Å². The van der Waals surface area contributed by atoms with Crippen LogP contribution in [0.3, 0.4) is 0 Å². The van der Waals surface area contributed by atoms with E-state index < -0.39 is 0 Å². The number of nitrogens with two attached hydrogens (primary N) is 1. The summed E-state index contributed by atoms with van der Waals surface area (Å²) < 4.78 is 11.7. The van der Waals surface area contributed by atoms with Crippen molar-refractivity contribution in [3.8, 4) is 5.88 Å². The lowest BCUT2D eigenvalue weighted by molar-refractivity contribution is 0.0234. The maximum absolute atomic E-state index is 5.76. The molecule has 0 radical (unpaired) electrons. The van der Waals surface area contributed by atoms with Crippen LogP contribution in [0, 0.1) is 0 Å². The summed E-state index contributed by atoms with van der Waals surface area (Å²) in [5.41, 5.74) is 2.38. The first-order valence-electron chi connectivity index (χ1n) is 5.03. The minimum absolute atomic E-state index is 0.144. The first-order valence-corrected chi connectivity index (χ1v) is 5.82. The van der Waals surface area contributed by atoms with Crippen LogP contribution in [0.1, 0.15) is 12.8 Å². The van der Waals surface area contributed by atoms with Crippen molar-refractivity contribution >= 4 is 21.9 Å². The van der Waals surface area contributed by atoms with E-state index in [2.05, 4.69) is 31.3 Å². The third-order valence-corrected chi connectivity index (χ3v) is 2.83. The van der Waals surface area contributed by atoms with Gasteiger partial charge in [0, 0.05) is 12.8 Å². The molecule has 1 aliphatic rings. The number of nitrogens with zero attached hydrogens (tertiary/aromatic N) is 2. The molecule has 0 unspecified atom stereocenters. The minimum Gasteiger partial charge on any atom is -0.473 e. The summed E-state index contributed by atoms with van der Waals surface area (Å²) >= 11 is 3.34. The molecule has 88 valence electrons. The number of nitrogens with one attached hydrogen (secondary N) is 1. The molecule has 0 aliphatic carbocycles. The van der Waals surface area contributed by atoms with Gasteiger partial charge in [-0.1, -0.05) is 0 Å². The Balaban J connectivity index is 2.06. The molecule has 0 bridgehead atoms. The fourth-order valence-corrected chi connectivity index (χ4v) is 1.74. The maximum Gasteiger partial charge on any atom is 0.240 e. The van der Waals surface area contributed by atoms with E-state index in [-0.39, 0.29) is 6.10 Å². The minimum atomic E-state index is 0.144. The number of nitrogen functional groups attached to an aromatic ring is 1. The van der Waals surface area contributed by atoms with E-state index in [4.69, 9.17) is 15.3 Å². The smallest absolute Gasteiger partial charge is 0.240 e. The van der Waals surface area contributed by atoms with Crippen LogP contribution >= 0.6 is 15.9 Å². The van der Waals surface area contributed by atoms with Gasteiger partial charge in [-0.2, -0.15) is 4.98 Å². The van der Waals surface area contributed by atoms with Crippen LogP contribution in [0.4, 0.5) is 5.95 Å². The van der Waals surface area contributed by atoms with Crippen LogP contribution in [0.15, 0.2) is 10.7 Å². The average molecular weight is 289 g/mol. The van der Waals surface area contributed by atoms with E-state index >= 15 is 0 Å². The second kappa shape index (κ2) is 5.42. The SMILES string of the molecule is NNc1ncc(Br)c(OC2CCOCC2)n1. The van der Waals surface area contributed by atoms with Gasteiger partial charge in [-0.25, -0.2) is 10.8 Å². The third kappa shape index (κ3) is 2.81. The van der Waals surface area contributed by atoms with Crippen molar-refractivity contribution in [2.45, 2.75) is 18.9 Å². The van der Waals surface area contributed by atoms with Crippen molar-refractivity contribution in [1.82, 2.24) is 9.97 Å². The van der Waals surface area contributed by atoms with E-state index in [0.717, 1.165) is 30.5 Å². The monoisotopic (exact) mass is 288 g/mol. The normalized spacial score (nSPS) is 17.1. The van der Waals surface area contributed by atoms with Crippen molar-refractivity contribution < 1.29 is 9.47 Å². The standard InChI is InChI=1S/C9H13BrN4O2/c10-7-5-12-9(14-11)13-8(7)16-6-1-3-15-4-2-6/h5-6H,1-4,11H2,(H,12,13,14). The molecule has 0 saturated carbocycles. The highest BCUT2D eigenvalue weighted by Crippen LogP contribution is 2.25. The summed E-state index contributed by atoms with van der Waals surface area (Å²) in [5.74, 6) is 6.08. The fraction of sp³-hybridized carbons (Fsp3) is 0.556. The first-order chi connectivity index (χ1) is 7.79. The highest BCUT2D eigenvalue weighted by molar-refractivity contribution is 9.10. The Labute approximate surface area is 102 Å². The summed E-state index contributed by atoms with van der Waals surface area (Å²) in [4.78, 5) is 8.08. The molecule has 1 aromatic heterocycles. The van der Waals surface area contributed by atoms with Gasteiger partial charge in [-0.05, 0) is 15.9 Å². The molecule has 7 heteroatoms. The first kappa shape index (κ1) is 11.6. The van der Waals surface area contributed by atoms with Gasteiger partial charge in [-0.15, -0.1) is 0 Å². The van der Waals surface area contributed by atoms with Gasteiger partial charge in [0.25, 0.3) is 0 Å². The Morgan fingerprint density at radius 3 is 2.94 bits per heavy atom. The van der Waals surface area contributed by atoms with E-state index in [9.17, 15) is 0 Å². The summed E-state index contributed by atoms with van der Waals surface area (Å²) in [5, 5.41) is 0. The lowest BCUT2D eigenvalue weighted by Gasteiger charge is -2.23. The molecule has 0 atom stereocenters. The third-order valence-electron chi connectivity index (χ3n) is 2.29. The number of hydrogen-bond acceptors (Lipinski definition) is 6. The predicted octanol–water partition coefficient (Wildman–Crippen LogP) is 1.08. The summed E-state index contributed by atoms with van der Waals surface area (Å²) in [6.07, 6.45) is 3.51. The van der Waals surface area contributed by atoms with Crippen LogP contribution < -0.4 is 16.0 Å². The number of ether oxygens (including phenoxy) is 2. The van der Waals surface area contributed by atoms with Gasteiger partial charge in [-0.3, -0.25) is 5.43 Å². The molecule has 3 N–H and O–H groups in total. The molecule has 1 aromatic rings. The Bertz CT molecular complexity index is 357. The summed E-state index contributed by atoms with van der Waals surface area (Å²) in [6.45, 7) is 1.46. The summed E-state index contributed by atoms with van der Waals surface area (Å²) in [7, 11) is 0. The Morgan fingerprint density at radius 2 is 2.25 bits per heavy atom. The average Bonchev–Trinajstić information content (AvgIpc) is 2.33. The van der Waals surface area contributed by atoms with Gasteiger partial charge in [0.2, 0.25) is 11.8 Å². The van der Waals surface area contributed by atoms with Crippen molar-refractivity contribution in [2.24, 2.45) is 5.84 Å². The van der Waals surface area contributed by atoms with E-state index in [0.29, 0.717) is 11.8 Å². The quantitative estimate of drug-likeness (QED) is 0.640. The molecule has 16 heavy (non-hydrogen) atoms. The molecule has 1 fully saturated rings. The van der Waals surface area contributed by atoms with Crippen LogP contribution in [-0.2, 0) is 4.74 Å². The number of hydrogen-bond donors (Lipinski definition) is 2. The molecule has 1 aliphatic heterocycles. The van der Waals surface area contributed by atoms with Gasteiger partial charge in [0.05, 0.1) is 23.9 Å². The van der Waals surface area contributed by atoms with Crippen LogP contribution in [0.25, 0.3) is 0 Å². The lowest BCUT2D eigenvalue weighted by atomic mass is 10.2. The zero-order valence-electron chi connectivity index (χ0n) is 8.65. The van der Waals surface area contributed by atoms with Crippen molar-refractivity contribution in [3.63, 3.8) is 0 Å². The topological polar surface area (TPSA) is 82.3 Å². The fourth-order valence-electron chi connectivity index (χ4n) is 1.46. The second-order valence-corrected chi connectivity index (χ2v) is 4.27. The molecule has 0 amide bonds. The largest absolute Gasteiger partial charge is 0.473 e. The number of anilines is 1. The number of halogens is 1. The van der Waals surface area contributed by atoms with Gasteiger partial charge in [0.1, 0.15) is 6.10 Å². The predicted molar refractivity (Wildman–Crippen MR) is 62.0 cm³/mol. The zero-order chi connectivity index (χ0) is 11.4. The lowest BCUT2D eigenvalue weighted by Crippen LogP contribution is -2.26. The zero-order valence-corrected chi connectivity index (χ0v) is 10.2. The van der Waals surface area contributed by atoms with Crippen molar-refractivity contribution in [3.05, 3.63) is 10.7 Å². The second-order valence-electron chi connectivity index (χ2n) is 3.42. The summed E-state index contributed by atoms with van der Waals surface area (Å²) in [6, 6.07) is 0. The highest BCUT2D eigenvalue weighted by atomic mass is 79.9. The molecule has 0 aromatic carbocycles. The highest BCUT2D eigenvalue weighted by Gasteiger charge is 2.17. The van der Waals surface area contributed by atoms with Crippen LogP contribution in [-0.4, -0.2) is 29.3 Å². The van der Waals surface area contributed by atoms with Crippen molar-refractivity contribution in [2.75, 3.05) is 18.6 Å². The van der Waals surface area contributed by atoms with Crippen molar-refractivity contribution in [1.29, 1.82) is 0 Å². The molecule has 6 nitrogen and oxygen atoms in total. The molecule has 0 spiro atoms. The molecule has 1 saturated heterocycles. The number of rotatable bonds is 3. The Morgan fingerprint density at radius 1 is 1.50 bits per heavy atom. The molecule has 2 heterocycles. The number of hydrazine groups is 1. The molecular weight excluding hydrogens is 276 g/mol. The molecular formula is C9H13BrN4O2. The van der Waals surface area contributed by atoms with Crippen LogP contribution in [0.5, 0.6) is 5.88 Å². The number of aromatic nitrogens is 2. The van der Waals surface area contributed by atoms with E-state index in [1.807, 2.05) is 0 Å². The van der Waals surface area contributed by atoms with E-state index in [1.54, 1.807) is 6.20 Å². The van der Waals surface area contributed by atoms with Gasteiger partial charge in [0.15, 0.2) is 0 Å². The molecule has 2 rings (SSSR count). The Kier molecular flexibility index (Phi) is 3.92.